The molecule has 0 saturated heterocycles. The lowest BCUT2D eigenvalue weighted by Gasteiger charge is -2.18. The molecule has 0 spiro atoms. The van der Waals surface area contributed by atoms with E-state index in [4.69, 9.17) is 5.73 Å². The Kier molecular flexibility index (Phi) is 2.59. The normalized spacial score (nSPS) is 13.4. The average Bonchev–Trinajstić information content (AvgIpc) is 2.83. The number of nitrogens with two attached hydrogens (primary N) is 1. The molecular weight excluding hydrogens is 242 g/mol. The first-order valence-electron chi connectivity index (χ1n) is 6.05. The number of nitrogens with zero attached hydrogens (tertiary/aromatic N) is 1. The molecule has 3 N–H and O–H groups in total. The van der Waals surface area contributed by atoms with Crippen molar-refractivity contribution in [2.45, 2.75) is 6.42 Å². The number of anilines is 2. The van der Waals surface area contributed by atoms with Crippen LogP contribution in [0.2, 0.25) is 0 Å². The maximum Gasteiger partial charge on any atom is 0.258 e. The molecule has 1 amide bonds. The molecular formula is C14H13N3O2. The molecule has 0 saturated carbocycles. The fourth-order valence-corrected chi connectivity index (χ4v) is 2.42. The molecule has 3 rings (SSSR count). The number of benzene rings is 1. The van der Waals surface area contributed by atoms with E-state index in [1.165, 1.54) is 12.3 Å². The van der Waals surface area contributed by atoms with E-state index < -0.39 is 0 Å². The largest absolute Gasteiger partial charge is 0.397 e. The van der Waals surface area contributed by atoms with Crippen LogP contribution >= 0.6 is 0 Å². The third-order valence-corrected chi connectivity index (χ3v) is 3.29. The van der Waals surface area contributed by atoms with E-state index in [1.807, 2.05) is 12.1 Å². The fraction of sp³-hybridized carbons (Fsp3) is 0.143. The van der Waals surface area contributed by atoms with Crippen LogP contribution < -0.4 is 16.2 Å². The molecule has 0 bridgehead atoms. The molecule has 1 aromatic carbocycles. The maximum absolute atomic E-state index is 12.4. The Morgan fingerprint density at radius 1 is 1.32 bits per heavy atom. The highest BCUT2D eigenvalue weighted by Crippen LogP contribution is 2.34. The first-order chi connectivity index (χ1) is 9.16. The number of amides is 1. The number of rotatable bonds is 1. The standard InChI is InChI=1S/C14H13N3O2/c15-11-3-1-2-9-5-7-17(13(9)11)14(19)10-4-6-16-12(18)8-10/h1-4,6,8H,5,7,15H2,(H,16,18). The van der Waals surface area contributed by atoms with Crippen molar-refractivity contribution in [1.29, 1.82) is 0 Å². The molecule has 1 aromatic heterocycles. The predicted octanol–water partition coefficient (Wildman–Crippen LogP) is 1.16. The van der Waals surface area contributed by atoms with Crippen LogP contribution in [0.4, 0.5) is 11.4 Å². The number of nitrogens with one attached hydrogen (secondary N) is 1. The number of para-hydroxylation sites is 1. The quantitative estimate of drug-likeness (QED) is 0.750. The van der Waals surface area contributed by atoms with Crippen LogP contribution in [-0.4, -0.2) is 17.4 Å². The fourth-order valence-electron chi connectivity index (χ4n) is 2.42. The van der Waals surface area contributed by atoms with Crippen molar-refractivity contribution in [1.82, 2.24) is 4.98 Å². The summed E-state index contributed by atoms with van der Waals surface area (Å²) in [5.41, 5.74) is 8.47. The number of hydrogen-bond donors (Lipinski definition) is 2. The molecule has 0 fully saturated rings. The predicted molar refractivity (Wildman–Crippen MR) is 73.3 cm³/mol. The van der Waals surface area contributed by atoms with Gasteiger partial charge < -0.3 is 15.6 Å². The lowest BCUT2D eigenvalue weighted by Crippen LogP contribution is -2.30. The second kappa shape index (κ2) is 4.28. The Morgan fingerprint density at radius 3 is 2.95 bits per heavy atom. The van der Waals surface area contributed by atoms with Gasteiger partial charge in [0.15, 0.2) is 0 Å². The highest BCUT2D eigenvalue weighted by molar-refractivity contribution is 6.08. The van der Waals surface area contributed by atoms with Crippen molar-refractivity contribution in [3.05, 3.63) is 58.0 Å². The van der Waals surface area contributed by atoms with E-state index in [0.717, 1.165) is 17.7 Å². The number of hydrogen-bond acceptors (Lipinski definition) is 3. The number of carbonyl (C=O) groups excluding carboxylic acids is 1. The van der Waals surface area contributed by atoms with Crippen molar-refractivity contribution in [2.75, 3.05) is 17.2 Å². The summed E-state index contributed by atoms with van der Waals surface area (Å²) in [7, 11) is 0. The summed E-state index contributed by atoms with van der Waals surface area (Å²) in [6, 6.07) is 8.54. The van der Waals surface area contributed by atoms with E-state index in [9.17, 15) is 9.59 Å². The monoisotopic (exact) mass is 255 g/mol. The summed E-state index contributed by atoms with van der Waals surface area (Å²) in [5.74, 6) is -0.192. The summed E-state index contributed by atoms with van der Waals surface area (Å²) < 4.78 is 0. The minimum absolute atomic E-state index is 0.192. The number of aromatic nitrogens is 1. The molecule has 19 heavy (non-hydrogen) atoms. The van der Waals surface area contributed by atoms with Gasteiger partial charge in [0, 0.05) is 24.4 Å². The minimum atomic E-state index is -0.286. The SMILES string of the molecule is Nc1cccc2c1N(C(=O)c1cc[nH]c(=O)c1)CC2. The van der Waals surface area contributed by atoms with Gasteiger partial charge in [-0.3, -0.25) is 9.59 Å². The molecule has 0 aliphatic carbocycles. The topological polar surface area (TPSA) is 79.2 Å². The highest BCUT2D eigenvalue weighted by atomic mass is 16.2. The van der Waals surface area contributed by atoms with Gasteiger partial charge in [0.2, 0.25) is 5.56 Å². The molecule has 1 aliphatic rings. The molecule has 5 nitrogen and oxygen atoms in total. The molecule has 0 unspecified atom stereocenters. The number of carbonyl (C=O) groups is 1. The number of pyridine rings is 1. The van der Waals surface area contributed by atoms with Crippen LogP contribution in [0.15, 0.2) is 41.3 Å². The number of fused-ring (bicyclic) bond motifs is 1. The van der Waals surface area contributed by atoms with Crippen LogP contribution in [0, 0.1) is 0 Å². The Bertz CT molecular complexity index is 706. The van der Waals surface area contributed by atoms with Gasteiger partial charge in [0.05, 0.1) is 11.4 Å². The third-order valence-electron chi connectivity index (χ3n) is 3.29. The smallest absolute Gasteiger partial charge is 0.258 e. The highest BCUT2D eigenvalue weighted by Gasteiger charge is 2.27. The van der Waals surface area contributed by atoms with E-state index in [0.29, 0.717) is 17.8 Å². The zero-order chi connectivity index (χ0) is 13.4. The lowest BCUT2D eigenvalue weighted by molar-refractivity contribution is 0.0989. The minimum Gasteiger partial charge on any atom is -0.397 e. The van der Waals surface area contributed by atoms with Gasteiger partial charge in [0.1, 0.15) is 0 Å². The Labute approximate surface area is 109 Å². The van der Waals surface area contributed by atoms with Crippen LogP contribution in [0.3, 0.4) is 0 Å². The number of H-pyrrole nitrogens is 1. The average molecular weight is 255 g/mol. The van der Waals surface area contributed by atoms with Gasteiger partial charge in [0.25, 0.3) is 5.91 Å². The second-order valence-corrected chi connectivity index (χ2v) is 4.50. The van der Waals surface area contributed by atoms with Gasteiger partial charge in [-0.2, -0.15) is 0 Å². The van der Waals surface area contributed by atoms with Crippen molar-refractivity contribution in [3.8, 4) is 0 Å². The summed E-state index contributed by atoms with van der Waals surface area (Å²) in [4.78, 5) is 27.8. The third kappa shape index (κ3) is 1.89. The van der Waals surface area contributed by atoms with Gasteiger partial charge in [-0.25, -0.2) is 0 Å². The Morgan fingerprint density at radius 2 is 2.16 bits per heavy atom. The summed E-state index contributed by atoms with van der Waals surface area (Å²) >= 11 is 0. The van der Waals surface area contributed by atoms with Gasteiger partial charge in [-0.05, 0) is 24.1 Å². The molecule has 0 radical (unpaired) electrons. The van der Waals surface area contributed by atoms with E-state index in [2.05, 4.69) is 4.98 Å². The first kappa shape index (κ1) is 11.5. The first-order valence-corrected chi connectivity index (χ1v) is 6.05. The van der Waals surface area contributed by atoms with Crippen molar-refractivity contribution in [2.24, 2.45) is 0 Å². The zero-order valence-corrected chi connectivity index (χ0v) is 10.2. The van der Waals surface area contributed by atoms with Crippen molar-refractivity contribution >= 4 is 17.3 Å². The van der Waals surface area contributed by atoms with Crippen molar-refractivity contribution < 1.29 is 4.79 Å². The molecule has 2 heterocycles. The van der Waals surface area contributed by atoms with Crippen LogP contribution in [0.25, 0.3) is 0 Å². The summed E-state index contributed by atoms with van der Waals surface area (Å²) in [6.07, 6.45) is 2.26. The molecule has 2 aromatic rings. The van der Waals surface area contributed by atoms with Gasteiger partial charge >= 0.3 is 0 Å². The maximum atomic E-state index is 12.4. The lowest BCUT2D eigenvalue weighted by atomic mass is 10.1. The zero-order valence-electron chi connectivity index (χ0n) is 10.2. The van der Waals surface area contributed by atoms with E-state index in [-0.39, 0.29) is 11.5 Å². The second-order valence-electron chi connectivity index (χ2n) is 4.50. The van der Waals surface area contributed by atoms with Crippen LogP contribution in [0.5, 0.6) is 0 Å². The molecule has 0 atom stereocenters. The van der Waals surface area contributed by atoms with E-state index in [1.54, 1.807) is 17.0 Å². The summed E-state index contributed by atoms with van der Waals surface area (Å²) in [6.45, 7) is 0.592. The molecule has 1 aliphatic heterocycles. The van der Waals surface area contributed by atoms with Crippen LogP contribution in [-0.2, 0) is 6.42 Å². The molecule has 5 heteroatoms. The number of aromatic amines is 1. The van der Waals surface area contributed by atoms with Crippen LogP contribution in [0.1, 0.15) is 15.9 Å². The number of nitrogen functional groups attached to an aromatic ring is 1. The summed E-state index contributed by atoms with van der Waals surface area (Å²) in [5, 5.41) is 0. The Balaban J connectivity index is 2.02. The Hall–Kier alpha value is -2.56. The van der Waals surface area contributed by atoms with Gasteiger partial charge in [-0.15, -0.1) is 0 Å². The van der Waals surface area contributed by atoms with Gasteiger partial charge in [-0.1, -0.05) is 12.1 Å². The van der Waals surface area contributed by atoms with E-state index >= 15 is 0 Å². The molecule has 96 valence electrons. The van der Waals surface area contributed by atoms with Crippen molar-refractivity contribution in [3.63, 3.8) is 0 Å².